The molecule has 28 heavy (non-hydrogen) atoms. The molecule has 0 bridgehead atoms. The number of rotatable bonds is 6. The van der Waals surface area contributed by atoms with Gasteiger partial charge in [-0.05, 0) is 24.1 Å². The Balaban J connectivity index is 1.50. The maximum atomic E-state index is 12.6. The second-order valence-corrected chi connectivity index (χ2v) is 6.72. The van der Waals surface area contributed by atoms with E-state index in [0.29, 0.717) is 44.1 Å². The lowest BCUT2D eigenvalue weighted by Crippen LogP contribution is -2.39. The van der Waals surface area contributed by atoms with Gasteiger partial charge < -0.3 is 19.3 Å². The SMILES string of the molecule is COc1ccccc1OCC(=O)N1CCCN(C(=O)Cc2ccccc2)CC1. The van der Waals surface area contributed by atoms with Crippen LogP contribution in [0.5, 0.6) is 11.5 Å². The molecule has 2 aromatic carbocycles. The molecule has 1 heterocycles. The molecule has 0 saturated carbocycles. The van der Waals surface area contributed by atoms with Gasteiger partial charge in [-0.15, -0.1) is 0 Å². The van der Waals surface area contributed by atoms with Gasteiger partial charge in [-0.25, -0.2) is 0 Å². The first-order valence-electron chi connectivity index (χ1n) is 9.52. The smallest absolute Gasteiger partial charge is 0.260 e. The first-order valence-corrected chi connectivity index (χ1v) is 9.52. The van der Waals surface area contributed by atoms with E-state index < -0.39 is 0 Å². The third-order valence-corrected chi connectivity index (χ3v) is 4.82. The number of carbonyl (C=O) groups is 2. The molecule has 0 aromatic heterocycles. The number of benzene rings is 2. The maximum Gasteiger partial charge on any atom is 0.260 e. The van der Waals surface area contributed by atoms with Crippen molar-refractivity contribution in [1.82, 2.24) is 9.80 Å². The fraction of sp³-hybridized carbons (Fsp3) is 0.364. The second kappa shape index (κ2) is 9.78. The minimum atomic E-state index is -0.0803. The summed E-state index contributed by atoms with van der Waals surface area (Å²) in [6.45, 7) is 2.32. The number of hydrogen-bond acceptors (Lipinski definition) is 4. The predicted octanol–water partition coefficient (Wildman–Crippen LogP) is 2.38. The Hall–Kier alpha value is -3.02. The summed E-state index contributed by atoms with van der Waals surface area (Å²) < 4.78 is 10.9. The molecule has 0 N–H and O–H groups in total. The van der Waals surface area contributed by atoms with Gasteiger partial charge in [-0.2, -0.15) is 0 Å². The molecule has 1 fully saturated rings. The van der Waals surface area contributed by atoms with Crippen LogP contribution in [0.4, 0.5) is 0 Å². The monoisotopic (exact) mass is 382 g/mol. The Bertz CT molecular complexity index is 794. The Morgan fingerprint density at radius 2 is 1.43 bits per heavy atom. The van der Waals surface area contributed by atoms with Crippen LogP contribution in [-0.2, 0) is 16.0 Å². The number of amides is 2. The van der Waals surface area contributed by atoms with E-state index in [1.807, 2.05) is 47.4 Å². The number of para-hydroxylation sites is 2. The topological polar surface area (TPSA) is 59.1 Å². The summed E-state index contributed by atoms with van der Waals surface area (Å²) in [6.07, 6.45) is 1.16. The van der Waals surface area contributed by atoms with Crippen LogP contribution in [0.3, 0.4) is 0 Å². The molecule has 0 radical (unpaired) electrons. The first kappa shape index (κ1) is 19.7. The number of nitrogens with zero attached hydrogens (tertiary/aromatic N) is 2. The Kier molecular flexibility index (Phi) is 6.89. The molecule has 0 spiro atoms. The van der Waals surface area contributed by atoms with Crippen molar-refractivity contribution in [3.05, 3.63) is 60.2 Å². The van der Waals surface area contributed by atoms with E-state index in [9.17, 15) is 9.59 Å². The normalized spacial score (nSPS) is 14.3. The third-order valence-electron chi connectivity index (χ3n) is 4.82. The average molecular weight is 382 g/mol. The predicted molar refractivity (Wildman–Crippen MR) is 106 cm³/mol. The molecular weight excluding hydrogens is 356 g/mol. The number of ether oxygens (including phenoxy) is 2. The molecule has 2 aromatic rings. The van der Waals surface area contributed by atoms with Crippen molar-refractivity contribution in [1.29, 1.82) is 0 Å². The van der Waals surface area contributed by atoms with Gasteiger partial charge in [-0.3, -0.25) is 9.59 Å². The highest BCUT2D eigenvalue weighted by Crippen LogP contribution is 2.25. The molecule has 6 heteroatoms. The van der Waals surface area contributed by atoms with Crippen molar-refractivity contribution >= 4 is 11.8 Å². The number of carbonyl (C=O) groups excluding carboxylic acids is 2. The highest BCUT2D eigenvalue weighted by Gasteiger charge is 2.22. The zero-order valence-corrected chi connectivity index (χ0v) is 16.2. The largest absolute Gasteiger partial charge is 0.493 e. The van der Waals surface area contributed by atoms with Crippen molar-refractivity contribution < 1.29 is 19.1 Å². The lowest BCUT2D eigenvalue weighted by atomic mass is 10.1. The summed E-state index contributed by atoms with van der Waals surface area (Å²) >= 11 is 0. The zero-order chi connectivity index (χ0) is 19.8. The van der Waals surface area contributed by atoms with Crippen LogP contribution in [0.15, 0.2) is 54.6 Å². The Morgan fingerprint density at radius 3 is 2.11 bits per heavy atom. The minimum Gasteiger partial charge on any atom is -0.493 e. The van der Waals surface area contributed by atoms with E-state index in [1.54, 1.807) is 24.1 Å². The standard InChI is InChI=1S/C22H26N2O4/c1-27-19-10-5-6-11-20(19)28-17-22(26)24-13-7-12-23(14-15-24)21(25)16-18-8-3-2-4-9-18/h2-6,8-11H,7,12-17H2,1H3. The van der Waals surface area contributed by atoms with Gasteiger partial charge in [0, 0.05) is 26.2 Å². The molecule has 2 amide bonds. The first-order chi connectivity index (χ1) is 13.7. The van der Waals surface area contributed by atoms with Gasteiger partial charge >= 0.3 is 0 Å². The molecule has 1 saturated heterocycles. The highest BCUT2D eigenvalue weighted by molar-refractivity contribution is 5.80. The second-order valence-electron chi connectivity index (χ2n) is 6.72. The fourth-order valence-corrected chi connectivity index (χ4v) is 3.27. The van der Waals surface area contributed by atoms with Crippen molar-refractivity contribution in [2.75, 3.05) is 39.9 Å². The molecule has 1 aliphatic rings. The fourth-order valence-electron chi connectivity index (χ4n) is 3.27. The minimum absolute atomic E-state index is 0.0433. The molecule has 6 nitrogen and oxygen atoms in total. The van der Waals surface area contributed by atoms with Gasteiger partial charge in [0.25, 0.3) is 5.91 Å². The van der Waals surface area contributed by atoms with Gasteiger partial charge in [0.2, 0.25) is 5.91 Å². The molecule has 3 rings (SSSR count). The molecule has 0 unspecified atom stereocenters. The van der Waals surface area contributed by atoms with Crippen molar-refractivity contribution in [2.45, 2.75) is 12.8 Å². The van der Waals surface area contributed by atoms with Gasteiger partial charge in [0.1, 0.15) is 0 Å². The maximum absolute atomic E-state index is 12.6. The van der Waals surface area contributed by atoms with Crippen molar-refractivity contribution in [2.24, 2.45) is 0 Å². The van der Waals surface area contributed by atoms with Gasteiger partial charge in [-0.1, -0.05) is 42.5 Å². The average Bonchev–Trinajstić information content (AvgIpc) is 2.99. The molecule has 1 aliphatic heterocycles. The lowest BCUT2D eigenvalue weighted by Gasteiger charge is -2.22. The van der Waals surface area contributed by atoms with E-state index >= 15 is 0 Å². The summed E-state index contributed by atoms with van der Waals surface area (Å²) in [7, 11) is 1.57. The molecule has 148 valence electrons. The van der Waals surface area contributed by atoms with E-state index in [0.717, 1.165) is 12.0 Å². The molecule has 0 aliphatic carbocycles. The van der Waals surface area contributed by atoms with Crippen LogP contribution in [-0.4, -0.2) is 61.5 Å². The van der Waals surface area contributed by atoms with Crippen LogP contribution < -0.4 is 9.47 Å². The van der Waals surface area contributed by atoms with Crippen LogP contribution in [0.2, 0.25) is 0 Å². The van der Waals surface area contributed by atoms with Crippen LogP contribution in [0.25, 0.3) is 0 Å². The lowest BCUT2D eigenvalue weighted by molar-refractivity contribution is -0.134. The summed E-state index contributed by atoms with van der Waals surface area (Å²) in [6, 6.07) is 17.0. The van der Waals surface area contributed by atoms with E-state index in [4.69, 9.17) is 9.47 Å². The Morgan fingerprint density at radius 1 is 0.821 bits per heavy atom. The number of methoxy groups -OCH3 is 1. The quantitative estimate of drug-likeness (QED) is 0.770. The van der Waals surface area contributed by atoms with Gasteiger partial charge in [0.15, 0.2) is 18.1 Å². The summed E-state index contributed by atoms with van der Waals surface area (Å²) in [4.78, 5) is 28.7. The van der Waals surface area contributed by atoms with Crippen molar-refractivity contribution in [3.63, 3.8) is 0 Å². The zero-order valence-electron chi connectivity index (χ0n) is 16.2. The van der Waals surface area contributed by atoms with Crippen LogP contribution in [0.1, 0.15) is 12.0 Å². The van der Waals surface area contributed by atoms with Gasteiger partial charge in [0.05, 0.1) is 13.5 Å². The summed E-state index contributed by atoms with van der Waals surface area (Å²) in [5, 5.41) is 0. The third kappa shape index (κ3) is 5.25. The van der Waals surface area contributed by atoms with E-state index in [1.165, 1.54) is 0 Å². The number of hydrogen-bond donors (Lipinski definition) is 0. The Labute approximate surface area is 165 Å². The molecule has 0 atom stereocenters. The van der Waals surface area contributed by atoms with E-state index in [2.05, 4.69) is 0 Å². The highest BCUT2D eigenvalue weighted by atomic mass is 16.5. The molecular formula is C22H26N2O4. The van der Waals surface area contributed by atoms with Crippen molar-refractivity contribution in [3.8, 4) is 11.5 Å². The van der Waals surface area contributed by atoms with E-state index in [-0.39, 0.29) is 18.4 Å². The van der Waals surface area contributed by atoms with Crippen LogP contribution >= 0.6 is 0 Å². The van der Waals surface area contributed by atoms with Crippen LogP contribution in [0, 0.1) is 0 Å². The summed E-state index contributed by atoms with van der Waals surface area (Å²) in [5.41, 5.74) is 1.01. The summed E-state index contributed by atoms with van der Waals surface area (Å²) in [5.74, 6) is 1.17.